The Balaban J connectivity index is 1.68. The van der Waals surface area contributed by atoms with E-state index in [9.17, 15) is 9.59 Å². The third-order valence-corrected chi connectivity index (χ3v) is 7.47. The van der Waals surface area contributed by atoms with E-state index in [1.54, 1.807) is 24.5 Å². The molecule has 0 spiro atoms. The first-order valence-electron chi connectivity index (χ1n) is 11.4. The van der Waals surface area contributed by atoms with Crippen LogP contribution in [0.5, 0.6) is 17.2 Å². The van der Waals surface area contributed by atoms with Crippen LogP contribution in [0.2, 0.25) is 0 Å². The normalized spacial score (nSPS) is 16.6. The fourth-order valence-electron chi connectivity index (χ4n) is 4.20. The van der Waals surface area contributed by atoms with Gasteiger partial charge in [0.2, 0.25) is 6.79 Å². The van der Waals surface area contributed by atoms with Crippen LogP contribution >= 0.6 is 27.3 Å². The van der Waals surface area contributed by atoms with E-state index in [-0.39, 0.29) is 19.0 Å². The summed E-state index contributed by atoms with van der Waals surface area (Å²) in [6.07, 6.45) is 1.79. The highest BCUT2D eigenvalue weighted by Crippen LogP contribution is 2.37. The number of allylic oxidation sites excluding steroid dienone is 1. The second-order valence-corrected chi connectivity index (χ2v) is 9.89. The minimum absolute atomic E-state index is 0.158. The first-order chi connectivity index (χ1) is 17.4. The molecular formula is C26H23BrN2O6S. The Labute approximate surface area is 219 Å². The van der Waals surface area contributed by atoms with Crippen LogP contribution in [0.15, 0.2) is 61.9 Å². The van der Waals surface area contributed by atoms with Gasteiger partial charge in [-0.25, -0.2) is 9.79 Å². The summed E-state index contributed by atoms with van der Waals surface area (Å²) in [7, 11) is 0. The summed E-state index contributed by atoms with van der Waals surface area (Å²) in [6, 6.07) is 10.3. The van der Waals surface area contributed by atoms with Crippen LogP contribution in [0.3, 0.4) is 0 Å². The second-order valence-electron chi connectivity index (χ2n) is 8.03. The van der Waals surface area contributed by atoms with E-state index in [4.69, 9.17) is 18.9 Å². The molecule has 186 valence electrons. The van der Waals surface area contributed by atoms with E-state index < -0.39 is 12.0 Å². The van der Waals surface area contributed by atoms with Crippen LogP contribution in [-0.2, 0) is 9.53 Å². The molecule has 0 saturated carbocycles. The molecule has 5 rings (SSSR count). The largest absolute Gasteiger partial charge is 0.494 e. The van der Waals surface area contributed by atoms with Crippen LogP contribution in [-0.4, -0.2) is 30.5 Å². The first-order valence-corrected chi connectivity index (χ1v) is 13.0. The molecular weight excluding hydrogens is 548 g/mol. The number of esters is 1. The monoisotopic (exact) mass is 570 g/mol. The molecule has 10 heteroatoms. The standard InChI is InChI=1S/C26H23BrN2O6S/c1-4-32-17-8-6-15(7-9-17)23-22(25(31)33-5-2)14(3)28-26-29(23)24(30)21(36-26)11-16-10-19-20(12-18(16)27)35-13-34-19/h6-12,23H,4-5,13H2,1-3H3/b21-11+/t23-/m0/s1. The van der Waals surface area contributed by atoms with E-state index in [1.807, 2.05) is 43.3 Å². The van der Waals surface area contributed by atoms with Crippen LogP contribution in [0.1, 0.15) is 37.9 Å². The van der Waals surface area contributed by atoms with Crippen molar-refractivity contribution in [3.05, 3.63) is 83.0 Å². The summed E-state index contributed by atoms with van der Waals surface area (Å²) in [5.41, 5.74) is 2.13. The lowest BCUT2D eigenvalue weighted by Gasteiger charge is -2.24. The SMILES string of the molecule is CCOC(=O)C1=C(C)N=c2s/c(=C/c3cc4c(cc3Br)OCO4)c(=O)n2[C@H]1c1ccc(OCC)cc1. The van der Waals surface area contributed by atoms with E-state index in [0.29, 0.717) is 44.5 Å². The van der Waals surface area contributed by atoms with Gasteiger partial charge in [-0.2, -0.15) is 0 Å². The van der Waals surface area contributed by atoms with Crippen molar-refractivity contribution in [3.8, 4) is 17.2 Å². The second kappa shape index (κ2) is 9.94. The lowest BCUT2D eigenvalue weighted by atomic mass is 9.96. The van der Waals surface area contributed by atoms with E-state index in [0.717, 1.165) is 15.6 Å². The maximum Gasteiger partial charge on any atom is 0.338 e. The van der Waals surface area contributed by atoms with Gasteiger partial charge >= 0.3 is 5.97 Å². The van der Waals surface area contributed by atoms with Crippen LogP contribution in [0.25, 0.3) is 6.08 Å². The number of benzene rings is 2. The molecule has 2 aliphatic rings. The summed E-state index contributed by atoms with van der Waals surface area (Å²) < 4.78 is 24.6. The number of nitrogens with zero attached hydrogens (tertiary/aromatic N) is 2. The minimum Gasteiger partial charge on any atom is -0.494 e. The minimum atomic E-state index is -0.682. The van der Waals surface area contributed by atoms with Crippen molar-refractivity contribution in [3.63, 3.8) is 0 Å². The average molecular weight is 571 g/mol. The van der Waals surface area contributed by atoms with Crippen molar-refractivity contribution in [2.24, 2.45) is 4.99 Å². The van der Waals surface area contributed by atoms with Crippen LogP contribution in [0, 0.1) is 0 Å². The van der Waals surface area contributed by atoms with Gasteiger partial charge in [-0.3, -0.25) is 9.36 Å². The zero-order valence-corrected chi connectivity index (χ0v) is 22.3. The zero-order chi connectivity index (χ0) is 25.4. The number of fused-ring (bicyclic) bond motifs is 2. The molecule has 0 amide bonds. The number of hydrogen-bond donors (Lipinski definition) is 0. The highest BCUT2D eigenvalue weighted by molar-refractivity contribution is 9.10. The number of carbonyl (C=O) groups excluding carboxylic acids is 1. The number of aromatic nitrogens is 1. The van der Waals surface area contributed by atoms with E-state index >= 15 is 0 Å². The Hall–Kier alpha value is -3.37. The van der Waals surface area contributed by atoms with Crippen molar-refractivity contribution in [1.29, 1.82) is 0 Å². The Kier molecular flexibility index (Phi) is 6.72. The molecule has 2 aromatic carbocycles. The maximum atomic E-state index is 13.8. The number of ether oxygens (including phenoxy) is 4. The van der Waals surface area contributed by atoms with Gasteiger partial charge in [0.05, 0.1) is 35.1 Å². The van der Waals surface area contributed by atoms with Crippen molar-refractivity contribution in [2.75, 3.05) is 20.0 Å². The number of rotatable bonds is 6. The van der Waals surface area contributed by atoms with Gasteiger partial charge in [0.15, 0.2) is 16.3 Å². The summed E-state index contributed by atoms with van der Waals surface area (Å²) >= 11 is 4.82. The summed E-state index contributed by atoms with van der Waals surface area (Å²) in [5, 5.41) is 0. The highest BCUT2D eigenvalue weighted by atomic mass is 79.9. The van der Waals surface area contributed by atoms with Gasteiger partial charge in [0.1, 0.15) is 5.75 Å². The molecule has 36 heavy (non-hydrogen) atoms. The van der Waals surface area contributed by atoms with Gasteiger partial charge in [-0.05, 0) is 62.2 Å². The molecule has 0 saturated heterocycles. The Bertz CT molecular complexity index is 1550. The number of thiazole rings is 1. The predicted molar refractivity (Wildman–Crippen MR) is 138 cm³/mol. The molecule has 3 aromatic rings. The first kappa shape index (κ1) is 24.3. The number of halogens is 1. The van der Waals surface area contributed by atoms with E-state index in [1.165, 1.54) is 11.3 Å². The number of hydrogen-bond acceptors (Lipinski definition) is 8. The van der Waals surface area contributed by atoms with Crippen molar-refractivity contribution in [1.82, 2.24) is 4.57 Å². The molecule has 3 heterocycles. The lowest BCUT2D eigenvalue weighted by Crippen LogP contribution is -2.39. The molecule has 0 radical (unpaired) electrons. The number of carbonyl (C=O) groups is 1. The molecule has 0 bridgehead atoms. The van der Waals surface area contributed by atoms with Crippen LogP contribution < -0.4 is 29.1 Å². The van der Waals surface area contributed by atoms with Crippen LogP contribution in [0.4, 0.5) is 0 Å². The molecule has 0 fully saturated rings. The van der Waals surface area contributed by atoms with Crippen molar-refractivity contribution < 1.29 is 23.7 Å². The molecule has 0 unspecified atom stereocenters. The third-order valence-electron chi connectivity index (χ3n) is 5.80. The molecule has 2 aliphatic heterocycles. The zero-order valence-electron chi connectivity index (χ0n) is 19.9. The third kappa shape index (κ3) is 4.35. The van der Waals surface area contributed by atoms with Gasteiger partial charge in [-0.15, -0.1) is 0 Å². The highest BCUT2D eigenvalue weighted by Gasteiger charge is 2.33. The Morgan fingerprint density at radius 3 is 2.61 bits per heavy atom. The maximum absolute atomic E-state index is 13.8. The van der Waals surface area contributed by atoms with Gasteiger partial charge in [-0.1, -0.05) is 39.4 Å². The summed E-state index contributed by atoms with van der Waals surface area (Å²) in [6.45, 7) is 6.34. The Morgan fingerprint density at radius 2 is 1.92 bits per heavy atom. The average Bonchev–Trinajstić information content (AvgIpc) is 3.43. The molecule has 0 aliphatic carbocycles. The van der Waals surface area contributed by atoms with Gasteiger partial charge < -0.3 is 18.9 Å². The molecule has 1 atom stereocenters. The molecule has 8 nitrogen and oxygen atoms in total. The smallest absolute Gasteiger partial charge is 0.338 e. The predicted octanol–water partition coefficient (Wildman–Crippen LogP) is 3.69. The quantitative estimate of drug-likeness (QED) is 0.420. The summed E-state index contributed by atoms with van der Waals surface area (Å²) in [5.74, 6) is 1.47. The Morgan fingerprint density at radius 1 is 1.19 bits per heavy atom. The topological polar surface area (TPSA) is 88.4 Å². The van der Waals surface area contributed by atoms with E-state index in [2.05, 4.69) is 20.9 Å². The van der Waals surface area contributed by atoms with Gasteiger partial charge in [0, 0.05) is 4.47 Å². The summed E-state index contributed by atoms with van der Waals surface area (Å²) in [4.78, 5) is 31.9. The fourth-order valence-corrected chi connectivity index (χ4v) is 5.68. The van der Waals surface area contributed by atoms with Crippen molar-refractivity contribution in [2.45, 2.75) is 26.8 Å². The molecule has 1 aromatic heterocycles. The van der Waals surface area contributed by atoms with Crippen molar-refractivity contribution >= 4 is 39.3 Å². The lowest BCUT2D eigenvalue weighted by molar-refractivity contribution is -0.139. The fraction of sp³-hybridized carbons (Fsp3) is 0.269. The molecule has 0 N–H and O–H groups in total. The van der Waals surface area contributed by atoms with Gasteiger partial charge in [0.25, 0.3) is 5.56 Å².